The van der Waals surface area contributed by atoms with E-state index in [2.05, 4.69) is 25.6 Å². The van der Waals surface area contributed by atoms with E-state index in [0.29, 0.717) is 17.5 Å². The molecule has 1 amide bonds. The smallest absolute Gasteiger partial charge is 0.242 e. The van der Waals surface area contributed by atoms with Crippen molar-refractivity contribution in [2.24, 2.45) is 0 Å². The molecule has 1 atom stereocenters. The van der Waals surface area contributed by atoms with E-state index >= 15 is 0 Å². The molecular formula is C15H21N5O2. The molecule has 7 heteroatoms. The molecule has 0 bridgehead atoms. The van der Waals surface area contributed by atoms with Gasteiger partial charge in [0, 0.05) is 12.3 Å². The third-order valence-corrected chi connectivity index (χ3v) is 4.33. The Morgan fingerprint density at radius 3 is 2.86 bits per heavy atom. The number of rotatable bonds is 4. The number of aromatic nitrogens is 3. The molecule has 0 saturated carbocycles. The van der Waals surface area contributed by atoms with Crippen molar-refractivity contribution in [1.82, 2.24) is 20.3 Å². The normalized spacial score (nSPS) is 18.3. The van der Waals surface area contributed by atoms with Gasteiger partial charge in [0.15, 0.2) is 5.82 Å². The van der Waals surface area contributed by atoms with E-state index in [-0.39, 0.29) is 11.9 Å². The molecule has 0 spiro atoms. The topological polar surface area (TPSA) is 87.0 Å². The summed E-state index contributed by atoms with van der Waals surface area (Å²) in [4.78, 5) is 14.5. The lowest BCUT2D eigenvalue weighted by atomic mass is 9.91. The number of likely N-dealkylation sites (tertiary alicyclic amines) is 1. The minimum Gasteiger partial charge on any atom is -0.360 e. The van der Waals surface area contributed by atoms with E-state index in [1.54, 1.807) is 13.0 Å². The van der Waals surface area contributed by atoms with Gasteiger partial charge in [0.25, 0.3) is 0 Å². The van der Waals surface area contributed by atoms with E-state index in [1.165, 1.54) is 5.56 Å². The molecule has 1 aliphatic heterocycles. The van der Waals surface area contributed by atoms with Crippen LogP contribution in [0.1, 0.15) is 37.0 Å². The Bertz CT molecular complexity index is 614. The maximum absolute atomic E-state index is 12.3. The van der Waals surface area contributed by atoms with Crippen molar-refractivity contribution in [1.29, 1.82) is 0 Å². The van der Waals surface area contributed by atoms with Crippen LogP contribution in [0.25, 0.3) is 0 Å². The lowest BCUT2D eigenvalue weighted by Gasteiger charge is -2.34. The second kappa shape index (κ2) is 6.31. The number of carbonyl (C=O) groups excluding carboxylic acids is 1. The average Bonchev–Trinajstić information content (AvgIpc) is 3.18. The number of carbonyl (C=O) groups is 1. The van der Waals surface area contributed by atoms with Crippen molar-refractivity contribution >= 4 is 11.7 Å². The fourth-order valence-corrected chi connectivity index (χ4v) is 2.93. The zero-order chi connectivity index (χ0) is 15.5. The van der Waals surface area contributed by atoms with E-state index < -0.39 is 0 Å². The van der Waals surface area contributed by atoms with Crippen molar-refractivity contribution < 1.29 is 9.32 Å². The van der Waals surface area contributed by atoms with Crippen LogP contribution in [0.5, 0.6) is 0 Å². The highest BCUT2D eigenvalue weighted by Gasteiger charge is 2.27. The molecule has 3 heterocycles. The van der Waals surface area contributed by atoms with Crippen LogP contribution >= 0.6 is 0 Å². The number of amides is 1. The summed E-state index contributed by atoms with van der Waals surface area (Å²) in [5.74, 6) is 1.64. The Balaban J connectivity index is 1.53. The van der Waals surface area contributed by atoms with Crippen LogP contribution in [0.2, 0.25) is 0 Å². The zero-order valence-corrected chi connectivity index (χ0v) is 12.9. The molecule has 2 aromatic rings. The number of H-pyrrole nitrogens is 1. The van der Waals surface area contributed by atoms with Gasteiger partial charge >= 0.3 is 0 Å². The molecule has 118 valence electrons. The third-order valence-electron chi connectivity index (χ3n) is 4.33. The monoisotopic (exact) mass is 303 g/mol. The number of hydrogen-bond donors (Lipinski definition) is 2. The molecule has 1 fully saturated rings. The van der Waals surface area contributed by atoms with Crippen molar-refractivity contribution in [2.45, 2.75) is 38.6 Å². The maximum atomic E-state index is 12.3. The maximum Gasteiger partial charge on any atom is 0.242 e. The van der Waals surface area contributed by atoms with Gasteiger partial charge in [-0.05, 0) is 51.3 Å². The summed E-state index contributed by atoms with van der Waals surface area (Å²) in [6.45, 7) is 5.54. The molecule has 0 aromatic carbocycles. The Hall–Kier alpha value is -2.15. The first-order valence-electron chi connectivity index (χ1n) is 7.60. The second-order valence-electron chi connectivity index (χ2n) is 5.83. The van der Waals surface area contributed by atoms with Crippen molar-refractivity contribution in [3.05, 3.63) is 29.8 Å². The van der Waals surface area contributed by atoms with Gasteiger partial charge in [-0.25, -0.2) is 0 Å². The SMILES string of the molecule is Cc1cc(NC(=O)[C@H](C)N2CCC(c3cn[nH]c3)CC2)no1. The van der Waals surface area contributed by atoms with Gasteiger partial charge in [-0.15, -0.1) is 0 Å². The molecule has 22 heavy (non-hydrogen) atoms. The van der Waals surface area contributed by atoms with E-state index in [9.17, 15) is 4.79 Å². The van der Waals surface area contributed by atoms with Gasteiger partial charge in [0.1, 0.15) is 5.76 Å². The van der Waals surface area contributed by atoms with E-state index in [0.717, 1.165) is 25.9 Å². The Morgan fingerprint density at radius 1 is 1.50 bits per heavy atom. The van der Waals surface area contributed by atoms with Crippen molar-refractivity contribution in [3.63, 3.8) is 0 Å². The molecule has 2 aromatic heterocycles. The predicted molar refractivity (Wildman–Crippen MR) is 81.5 cm³/mol. The number of nitrogens with one attached hydrogen (secondary N) is 2. The summed E-state index contributed by atoms with van der Waals surface area (Å²) in [6.07, 6.45) is 5.94. The second-order valence-corrected chi connectivity index (χ2v) is 5.83. The number of anilines is 1. The first-order chi connectivity index (χ1) is 10.6. The van der Waals surface area contributed by atoms with Gasteiger partial charge in [0.05, 0.1) is 12.2 Å². The minimum absolute atomic E-state index is 0.0462. The van der Waals surface area contributed by atoms with E-state index in [4.69, 9.17) is 4.52 Å². The van der Waals surface area contributed by atoms with Gasteiger partial charge in [-0.1, -0.05) is 5.16 Å². The van der Waals surface area contributed by atoms with Crippen LogP contribution in [-0.4, -0.2) is 45.3 Å². The Morgan fingerprint density at radius 2 is 2.27 bits per heavy atom. The van der Waals surface area contributed by atoms with Crippen LogP contribution in [0.4, 0.5) is 5.82 Å². The third kappa shape index (κ3) is 3.19. The zero-order valence-electron chi connectivity index (χ0n) is 12.9. The van der Waals surface area contributed by atoms with Crippen molar-refractivity contribution in [2.75, 3.05) is 18.4 Å². The largest absolute Gasteiger partial charge is 0.360 e. The highest BCUT2D eigenvalue weighted by molar-refractivity contribution is 5.93. The summed E-state index contributed by atoms with van der Waals surface area (Å²) >= 11 is 0. The van der Waals surface area contributed by atoms with Crippen LogP contribution in [0, 0.1) is 6.92 Å². The fraction of sp³-hybridized carbons (Fsp3) is 0.533. The predicted octanol–water partition coefficient (Wildman–Crippen LogP) is 1.91. The molecule has 0 radical (unpaired) electrons. The molecule has 0 unspecified atom stereocenters. The molecule has 1 saturated heterocycles. The lowest BCUT2D eigenvalue weighted by molar-refractivity contribution is -0.121. The van der Waals surface area contributed by atoms with Crippen LogP contribution in [-0.2, 0) is 4.79 Å². The molecule has 2 N–H and O–H groups in total. The molecule has 0 aliphatic carbocycles. The van der Waals surface area contributed by atoms with Gasteiger partial charge in [-0.2, -0.15) is 5.10 Å². The van der Waals surface area contributed by atoms with Crippen LogP contribution < -0.4 is 5.32 Å². The minimum atomic E-state index is -0.178. The summed E-state index contributed by atoms with van der Waals surface area (Å²) in [7, 11) is 0. The average molecular weight is 303 g/mol. The Labute approximate surface area is 129 Å². The number of nitrogens with zero attached hydrogens (tertiary/aromatic N) is 3. The highest BCUT2D eigenvalue weighted by Crippen LogP contribution is 2.28. The van der Waals surface area contributed by atoms with Gasteiger partial charge in [-0.3, -0.25) is 14.8 Å². The lowest BCUT2D eigenvalue weighted by Crippen LogP contribution is -2.45. The Kier molecular flexibility index (Phi) is 4.24. The fourth-order valence-electron chi connectivity index (χ4n) is 2.93. The van der Waals surface area contributed by atoms with Crippen LogP contribution in [0.15, 0.2) is 23.0 Å². The quantitative estimate of drug-likeness (QED) is 0.901. The summed E-state index contributed by atoms with van der Waals surface area (Å²) in [5, 5.41) is 13.5. The standard InChI is InChI=1S/C15H21N5O2/c1-10-7-14(19-22-10)18-15(21)11(2)20-5-3-12(4-6-20)13-8-16-17-9-13/h7-9,11-12H,3-6H2,1-2H3,(H,16,17)(H,18,19,21)/t11-/m0/s1. The first kappa shape index (κ1) is 14.8. The molecule has 7 nitrogen and oxygen atoms in total. The first-order valence-corrected chi connectivity index (χ1v) is 7.60. The molecular weight excluding hydrogens is 282 g/mol. The highest BCUT2D eigenvalue weighted by atomic mass is 16.5. The summed E-state index contributed by atoms with van der Waals surface area (Å²) in [5.41, 5.74) is 1.26. The molecule has 3 rings (SSSR count). The number of aryl methyl sites for hydroxylation is 1. The molecule has 1 aliphatic rings. The van der Waals surface area contributed by atoms with Gasteiger partial charge < -0.3 is 9.84 Å². The van der Waals surface area contributed by atoms with Crippen LogP contribution in [0.3, 0.4) is 0 Å². The van der Waals surface area contributed by atoms with Gasteiger partial charge in [0.2, 0.25) is 5.91 Å². The summed E-state index contributed by atoms with van der Waals surface area (Å²) in [6, 6.07) is 1.54. The van der Waals surface area contributed by atoms with E-state index in [1.807, 2.05) is 19.3 Å². The number of piperidine rings is 1. The summed E-state index contributed by atoms with van der Waals surface area (Å²) < 4.78 is 4.96. The number of aromatic amines is 1. The van der Waals surface area contributed by atoms with Crippen molar-refractivity contribution in [3.8, 4) is 0 Å². The number of hydrogen-bond acceptors (Lipinski definition) is 5.